The molecular weight excluding hydrogens is 231 g/mol. The Morgan fingerprint density at radius 1 is 1.47 bits per heavy atom. The fourth-order valence-corrected chi connectivity index (χ4v) is 2.34. The molecule has 15 heavy (non-hydrogen) atoms. The van der Waals surface area contributed by atoms with Gasteiger partial charge in [0, 0.05) is 30.4 Å². The summed E-state index contributed by atoms with van der Waals surface area (Å²) in [7, 11) is 0. The van der Waals surface area contributed by atoms with E-state index in [2.05, 4.69) is 10.3 Å². The van der Waals surface area contributed by atoms with Gasteiger partial charge in [0.2, 0.25) is 0 Å². The number of rotatable bonds is 4. The Morgan fingerprint density at radius 3 is 2.80 bits per heavy atom. The first-order valence-corrected chi connectivity index (χ1v) is 6.06. The van der Waals surface area contributed by atoms with Crippen LogP contribution in [-0.4, -0.2) is 16.4 Å². The average molecular weight is 245 g/mol. The number of nitrogens with zero attached hydrogens (tertiary/aromatic N) is 1. The number of hydrogen-bond acceptors (Lipinski definition) is 2. The molecule has 1 aliphatic rings. The molecule has 1 aromatic heterocycles. The Balaban J connectivity index is 1.95. The van der Waals surface area contributed by atoms with Crippen LogP contribution in [0.25, 0.3) is 0 Å². The van der Waals surface area contributed by atoms with E-state index in [9.17, 15) is 0 Å². The van der Waals surface area contributed by atoms with Crippen molar-refractivity contribution in [3.05, 3.63) is 29.0 Å². The maximum absolute atomic E-state index is 6.02. The maximum Gasteiger partial charge on any atom is 0.0634 e. The summed E-state index contributed by atoms with van der Waals surface area (Å²) in [5.41, 5.74) is 1.23. The molecule has 0 amide bonds. The third-order valence-electron chi connectivity index (χ3n) is 3.08. The van der Waals surface area contributed by atoms with E-state index in [-0.39, 0.29) is 5.54 Å². The van der Waals surface area contributed by atoms with Crippen LogP contribution in [-0.2, 0) is 6.54 Å². The quantitative estimate of drug-likeness (QED) is 0.825. The fraction of sp³-hybridized carbons (Fsp3) is 0.545. The SMILES string of the molecule is ClCC1(NCc2ccncc2Cl)CCC1. The third kappa shape index (κ3) is 2.44. The van der Waals surface area contributed by atoms with Gasteiger partial charge in [-0.15, -0.1) is 11.6 Å². The van der Waals surface area contributed by atoms with Crippen molar-refractivity contribution in [2.45, 2.75) is 31.3 Å². The molecule has 0 atom stereocenters. The summed E-state index contributed by atoms with van der Waals surface area (Å²) in [4.78, 5) is 3.96. The lowest BCUT2D eigenvalue weighted by atomic mass is 9.78. The topological polar surface area (TPSA) is 24.9 Å². The van der Waals surface area contributed by atoms with E-state index < -0.39 is 0 Å². The highest BCUT2D eigenvalue weighted by atomic mass is 35.5. The van der Waals surface area contributed by atoms with Gasteiger partial charge >= 0.3 is 0 Å². The van der Waals surface area contributed by atoms with E-state index >= 15 is 0 Å². The van der Waals surface area contributed by atoms with Gasteiger partial charge < -0.3 is 5.32 Å². The minimum absolute atomic E-state index is 0.147. The van der Waals surface area contributed by atoms with E-state index in [0.29, 0.717) is 10.9 Å². The average Bonchev–Trinajstić information content (AvgIpc) is 2.19. The second-order valence-corrected chi connectivity index (χ2v) is 4.76. The molecule has 2 rings (SSSR count). The van der Waals surface area contributed by atoms with Crippen LogP contribution in [0.2, 0.25) is 5.02 Å². The van der Waals surface area contributed by atoms with Crippen LogP contribution in [0.5, 0.6) is 0 Å². The normalized spacial score (nSPS) is 18.5. The van der Waals surface area contributed by atoms with Crippen molar-refractivity contribution in [1.29, 1.82) is 0 Å². The van der Waals surface area contributed by atoms with Crippen molar-refractivity contribution in [2.75, 3.05) is 5.88 Å². The lowest BCUT2D eigenvalue weighted by Crippen LogP contribution is -2.52. The minimum Gasteiger partial charge on any atom is -0.306 e. The Bertz CT molecular complexity index is 332. The van der Waals surface area contributed by atoms with Crippen LogP contribution >= 0.6 is 23.2 Å². The number of pyridine rings is 1. The van der Waals surface area contributed by atoms with E-state index in [1.54, 1.807) is 12.4 Å². The summed E-state index contributed by atoms with van der Waals surface area (Å²) in [5.74, 6) is 0.676. The highest BCUT2D eigenvalue weighted by Gasteiger charge is 2.35. The number of halogens is 2. The molecule has 1 fully saturated rings. The summed E-state index contributed by atoms with van der Waals surface area (Å²) in [5, 5.41) is 4.21. The molecule has 1 aromatic rings. The molecule has 82 valence electrons. The Morgan fingerprint density at radius 2 is 2.27 bits per heavy atom. The Labute approximate surface area is 100.0 Å². The van der Waals surface area contributed by atoms with Crippen molar-refractivity contribution in [2.24, 2.45) is 0 Å². The van der Waals surface area contributed by atoms with E-state index in [1.807, 2.05) is 6.07 Å². The Hall–Kier alpha value is -0.310. The minimum atomic E-state index is 0.147. The van der Waals surface area contributed by atoms with Gasteiger partial charge in [0.05, 0.1) is 5.02 Å². The van der Waals surface area contributed by atoms with Gasteiger partial charge in [-0.05, 0) is 30.9 Å². The zero-order chi connectivity index (χ0) is 10.7. The summed E-state index contributed by atoms with van der Waals surface area (Å²) in [6, 6.07) is 1.94. The van der Waals surface area contributed by atoms with Crippen molar-refractivity contribution in [3.8, 4) is 0 Å². The van der Waals surface area contributed by atoms with Crippen LogP contribution in [0.15, 0.2) is 18.5 Å². The molecule has 0 spiro atoms. The third-order valence-corrected chi connectivity index (χ3v) is 3.93. The van der Waals surface area contributed by atoms with Gasteiger partial charge in [-0.25, -0.2) is 0 Å². The molecule has 1 N–H and O–H groups in total. The Kier molecular flexibility index (Phi) is 3.49. The summed E-state index contributed by atoms with van der Waals surface area (Å²) in [6.07, 6.45) is 7.03. The first-order valence-electron chi connectivity index (χ1n) is 5.15. The molecule has 4 heteroatoms. The van der Waals surface area contributed by atoms with Gasteiger partial charge in [-0.1, -0.05) is 11.6 Å². The molecule has 0 radical (unpaired) electrons. The smallest absolute Gasteiger partial charge is 0.0634 e. The highest BCUT2D eigenvalue weighted by Crippen LogP contribution is 2.33. The summed E-state index contributed by atoms with van der Waals surface area (Å²) < 4.78 is 0. The first kappa shape index (κ1) is 11.2. The summed E-state index contributed by atoms with van der Waals surface area (Å²) >= 11 is 12.0. The second kappa shape index (κ2) is 4.69. The van der Waals surface area contributed by atoms with Crippen LogP contribution in [0, 0.1) is 0 Å². The molecular formula is C11H14Cl2N2. The molecule has 0 bridgehead atoms. The number of nitrogens with one attached hydrogen (secondary N) is 1. The molecule has 1 saturated carbocycles. The fourth-order valence-electron chi connectivity index (χ4n) is 1.79. The maximum atomic E-state index is 6.02. The predicted molar refractivity (Wildman–Crippen MR) is 63.4 cm³/mol. The molecule has 0 aliphatic heterocycles. The predicted octanol–water partition coefficient (Wildman–Crippen LogP) is 2.99. The standard InChI is InChI=1S/C11H14Cl2N2/c12-8-11(3-1-4-11)15-6-9-2-5-14-7-10(9)13/h2,5,7,15H,1,3-4,6,8H2. The van der Waals surface area contributed by atoms with Gasteiger partial charge in [-0.3, -0.25) is 4.98 Å². The largest absolute Gasteiger partial charge is 0.306 e. The van der Waals surface area contributed by atoms with Gasteiger partial charge in [0.25, 0.3) is 0 Å². The van der Waals surface area contributed by atoms with E-state index in [1.165, 1.54) is 19.3 Å². The molecule has 1 aliphatic carbocycles. The van der Waals surface area contributed by atoms with Crippen LogP contribution in [0.4, 0.5) is 0 Å². The summed E-state index contributed by atoms with van der Waals surface area (Å²) in [6.45, 7) is 0.772. The number of alkyl halides is 1. The van der Waals surface area contributed by atoms with E-state index in [4.69, 9.17) is 23.2 Å². The second-order valence-electron chi connectivity index (χ2n) is 4.09. The van der Waals surface area contributed by atoms with Gasteiger partial charge in [0.1, 0.15) is 0 Å². The van der Waals surface area contributed by atoms with Crippen LogP contribution in [0.1, 0.15) is 24.8 Å². The molecule has 2 nitrogen and oxygen atoms in total. The van der Waals surface area contributed by atoms with Crippen molar-refractivity contribution < 1.29 is 0 Å². The van der Waals surface area contributed by atoms with Gasteiger partial charge in [0.15, 0.2) is 0 Å². The van der Waals surface area contributed by atoms with Crippen molar-refractivity contribution in [1.82, 2.24) is 10.3 Å². The lowest BCUT2D eigenvalue weighted by molar-refractivity contribution is 0.211. The zero-order valence-electron chi connectivity index (χ0n) is 8.47. The monoisotopic (exact) mass is 244 g/mol. The highest BCUT2D eigenvalue weighted by molar-refractivity contribution is 6.31. The zero-order valence-corrected chi connectivity index (χ0v) is 9.98. The molecule has 0 aromatic carbocycles. The van der Waals surface area contributed by atoms with Gasteiger partial charge in [-0.2, -0.15) is 0 Å². The first-order chi connectivity index (χ1) is 7.26. The molecule has 0 saturated heterocycles. The van der Waals surface area contributed by atoms with E-state index in [0.717, 1.165) is 12.1 Å². The van der Waals surface area contributed by atoms with Crippen LogP contribution in [0.3, 0.4) is 0 Å². The number of aromatic nitrogens is 1. The van der Waals surface area contributed by atoms with Crippen LogP contribution < -0.4 is 5.32 Å². The lowest BCUT2D eigenvalue weighted by Gasteiger charge is -2.41. The molecule has 1 heterocycles. The van der Waals surface area contributed by atoms with Crippen molar-refractivity contribution >= 4 is 23.2 Å². The molecule has 0 unspecified atom stereocenters. The number of hydrogen-bond donors (Lipinski definition) is 1. The van der Waals surface area contributed by atoms with Crippen molar-refractivity contribution in [3.63, 3.8) is 0 Å².